The van der Waals surface area contributed by atoms with Crippen LogP contribution in [0.3, 0.4) is 0 Å². The zero-order valence-electron chi connectivity index (χ0n) is 14.9. The van der Waals surface area contributed by atoms with Gasteiger partial charge >= 0.3 is 5.97 Å². The Kier molecular flexibility index (Phi) is 6.67. The summed E-state index contributed by atoms with van der Waals surface area (Å²) in [5, 5.41) is 16.4. The van der Waals surface area contributed by atoms with Crippen LogP contribution in [0.15, 0.2) is 36.4 Å². The van der Waals surface area contributed by atoms with Crippen molar-refractivity contribution in [3.05, 3.63) is 62.7 Å². The number of amides is 2. The Bertz CT molecular complexity index is 960. The van der Waals surface area contributed by atoms with Gasteiger partial charge in [0.25, 0.3) is 11.6 Å². The standard InChI is InChI=1S/C18H16ClN3O6/c1-3-16(23)20-12-4-5-14(19)15(9-12)21-17(24)10-6-11(18(25)28-2)8-13(7-10)22(26)27/h4-9H,3H2,1-2H3,(H,20,23)(H,21,24). The fourth-order valence-electron chi connectivity index (χ4n) is 2.23. The van der Waals surface area contributed by atoms with Gasteiger partial charge in [-0.15, -0.1) is 0 Å². The fourth-order valence-corrected chi connectivity index (χ4v) is 2.39. The highest BCUT2D eigenvalue weighted by molar-refractivity contribution is 6.34. The molecule has 0 atom stereocenters. The predicted molar refractivity (Wildman–Crippen MR) is 103 cm³/mol. The Labute approximate surface area is 164 Å². The van der Waals surface area contributed by atoms with Gasteiger partial charge in [0.2, 0.25) is 5.91 Å². The maximum absolute atomic E-state index is 12.6. The highest BCUT2D eigenvalue weighted by atomic mass is 35.5. The van der Waals surface area contributed by atoms with Crippen LogP contribution in [-0.4, -0.2) is 29.8 Å². The van der Waals surface area contributed by atoms with Crippen molar-refractivity contribution >= 4 is 46.4 Å². The third-order valence-corrected chi connectivity index (χ3v) is 3.96. The molecule has 0 bridgehead atoms. The number of carbonyl (C=O) groups is 3. The number of rotatable bonds is 6. The molecule has 0 fully saturated rings. The summed E-state index contributed by atoms with van der Waals surface area (Å²) in [5.41, 5.74) is -0.110. The zero-order valence-corrected chi connectivity index (χ0v) is 15.7. The number of halogens is 1. The molecule has 9 nitrogen and oxygen atoms in total. The van der Waals surface area contributed by atoms with E-state index in [0.717, 1.165) is 19.2 Å². The van der Waals surface area contributed by atoms with E-state index in [4.69, 9.17) is 11.6 Å². The first kappa shape index (κ1) is 20.8. The quantitative estimate of drug-likeness (QED) is 0.429. The minimum absolute atomic E-state index is 0.131. The molecule has 0 aliphatic rings. The molecule has 2 N–H and O–H groups in total. The molecule has 146 valence electrons. The minimum Gasteiger partial charge on any atom is -0.465 e. The van der Waals surface area contributed by atoms with E-state index in [2.05, 4.69) is 15.4 Å². The van der Waals surface area contributed by atoms with E-state index >= 15 is 0 Å². The van der Waals surface area contributed by atoms with Crippen LogP contribution in [0.2, 0.25) is 5.02 Å². The Morgan fingerprint density at radius 1 is 1.11 bits per heavy atom. The number of nitro benzene ring substituents is 1. The fraction of sp³-hybridized carbons (Fsp3) is 0.167. The zero-order chi connectivity index (χ0) is 20.8. The minimum atomic E-state index is -0.819. The van der Waals surface area contributed by atoms with Crippen molar-refractivity contribution in [1.29, 1.82) is 0 Å². The molecule has 0 heterocycles. The van der Waals surface area contributed by atoms with E-state index in [1.165, 1.54) is 18.2 Å². The largest absolute Gasteiger partial charge is 0.465 e. The van der Waals surface area contributed by atoms with Gasteiger partial charge in [0.15, 0.2) is 0 Å². The summed E-state index contributed by atoms with van der Waals surface area (Å²) >= 11 is 6.07. The van der Waals surface area contributed by atoms with Gasteiger partial charge in [0.1, 0.15) is 0 Å². The molecule has 28 heavy (non-hydrogen) atoms. The lowest BCUT2D eigenvalue weighted by Crippen LogP contribution is -2.15. The van der Waals surface area contributed by atoms with Crippen molar-refractivity contribution in [1.82, 2.24) is 0 Å². The number of carbonyl (C=O) groups excluding carboxylic acids is 3. The van der Waals surface area contributed by atoms with Gasteiger partial charge in [0.05, 0.1) is 28.3 Å². The molecule has 2 amide bonds. The van der Waals surface area contributed by atoms with Crippen molar-refractivity contribution in [2.75, 3.05) is 17.7 Å². The van der Waals surface area contributed by atoms with Crippen LogP contribution in [0.4, 0.5) is 17.1 Å². The average molecular weight is 406 g/mol. The second-order valence-electron chi connectivity index (χ2n) is 5.57. The third kappa shape index (κ3) is 5.04. The average Bonchev–Trinajstić information content (AvgIpc) is 2.69. The molecule has 0 saturated heterocycles. The molecule has 0 saturated carbocycles. The van der Waals surface area contributed by atoms with E-state index < -0.39 is 22.5 Å². The molecular weight excluding hydrogens is 390 g/mol. The van der Waals surface area contributed by atoms with Crippen LogP contribution in [-0.2, 0) is 9.53 Å². The first-order chi connectivity index (χ1) is 13.2. The van der Waals surface area contributed by atoms with Crippen molar-refractivity contribution in [3.63, 3.8) is 0 Å². The van der Waals surface area contributed by atoms with Crippen molar-refractivity contribution in [2.45, 2.75) is 13.3 Å². The SMILES string of the molecule is CCC(=O)Nc1ccc(Cl)c(NC(=O)c2cc(C(=O)OC)cc([N+](=O)[O-])c2)c1. The molecule has 0 aliphatic heterocycles. The Morgan fingerprint density at radius 2 is 1.79 bits per heavy atom. The van der Waals surface area contributed by atoms with Gasteiger partial charge in [-0.3, -0.25) is 19.7 Å². The van der Waals surface area contributed by atoms with E-state index in [0.29, 0.717) is 5.69 Å². The second-order valence-corrected chi connectivity index (χ2v) is 5.97. The van der Waals surface area contributed by atoms with Crippen molar-refractivity contribution in [3.8, 4) is 0 Å². The number of nitro groups is 1. The van der Waals surface area contributed by atoms with Gasteiger partial charge in [-0.05, 0) is 24.3 Å². The number of methoxy groups -OCH3 is 1. The number of non-ortho nitro benzene ring substituents is 1. The molecule has 2 aromatic carbocycles. The van der Waals surface area contributed by atoms with Crippen LogP contribution >= 0.6 is 11.6 Å². The van der Waals surface area contributed by atoms with E-state index in [1.54, 1.807) is 13.0 Å². The molecule has 2 aromatic rings. The third-order valence-electron chi connectivity index (χ3n) is 3.63. The van der Waals surface area contributed by atoms with Crippen LogP contribution < -0.4 is 10.6 Å². The normalized spacial score (nSPS) is 10.1. The topological polar surface area (TPSA) is 128 Å². The highest BCUT2D eigenvalue weighted by Gasteiger charge is 2.19. The number of hydrogen-bond acceptors (Lipinski definition) is 6. The smallest absolute Gasteiger partial charge is 0.338 e. The van der Waals surface area contributed by atoms with E-state index in [-0.39, 0.29) is 34.2 Å². The molecular formula is C18H16ClN3O6. The lowest BCUT2D eigenvalue weighted by Gasteiger charge is -2.11. The maximum atomic E-state index is 12.6. The Balaban J connectivity index is 2.35. The molecule has 0 unspecified atom stereocenters. The van der Waals surface area contributed by atoms with Crippen LogP contribution in [0.1, 0.15) is 34.1 Å². The van der Waals surface area contributed by atoms with Crippen LogP contribution in [0.5, 0.6) is 0 Å². The van der Waals surface area contributed by atoms with Crippen LogP contribution in [0, 0.1) is 10.1 Å². The number of anilines is 2. The lowest BCUT2D eigenvalue weighted by molar-refractivity contribution is -0.384. The molecule has 0 spiro atoms. The number of nitrogens with zero attached hydrogens (tertiary/aromatic N) is 1. The predicted octanol–water partition coefficient (Wildman–Crippen LogP) is 3.64. The van der Waals surface area contributed by atoms with Gasteiger partial charge in [-0.1, -0.05) is 18.5 Å². The first-order valence-electron chi connectivity index (χ1n) is 8.03. The lowest BCUT2D eigenvalue weighted by atomic mass is 10.1. The van der Waals surface area contributed by atoms with Gasteiger partial charge in [-0.2, -0.15) is 0 Å². The van der Waals surface area contributed by atoms with Crippen molar-refractivity contribution in [2.24, 2.45) is 0 Å². The number of esters is 1. The summed E-state index contributed by atoms with van der Waals surface area (Å²) in [7, 11) is 1.12. The summed E-state index contributed by atoms with van der Waals surface area (Å²) in [5.74, 6) is -1.77. The molecule has 0 aliphatic carbocycles. The summed E-state index contributed by atoms with van der Waals surface area (Å²) in [6.07, 6.45) is 0.272. The van der Waals surface area contributed by atoms with E-state index in [9.17, 15) is 24.5 Å². The van der Waals surface area contributed by atoms with Crippen LogP contribution in [0.25, 0.3) is 0 Å². The molecule has 0 radical (unpaired) electrons. The summed E-state index contributed by atoms with van der Waals surface area (Å²) in [4.78, 5) is 46.2. The highest BCUT2D eigenvalue weighted by Crippen LogP contribution is 2.27. The van der Waals surface area contributed by atoms with Gasteiger partial charge in [0, 0.05) is 29.8 Å². The van der Waals surface area contributed by atoms with Crippen molar-refractivity contribution < 1.29 is 24.0 Å². The monoisotopic (exact) mass is 405 g/mol. The number of ether oxygens (including phenoxy) is 1. The first-order valence-corrected chi connectivity index (χ1v) is 8.41. The summed E-state index contributed by atoms with van der Waals surface area (Å²) < 4.78 is 4.55. The Hall–Kier alpha value is -3.46. The number of benzene rings is 2. The summed E-state index contributed by atoms with van der Waals surface area (Å²) in [6, 6.07) is 7.70. The Morgan fingerprint density at radius 3 is 2.39 bits per heavy atom. The number of hydrogen-bond donors (Lipinski definition) is 2. The van der Waals surface area contributed by atoms with Gasteiger partial charge < -0.3 is 15.4 Å². The van der Waals surface area contributed by atoms with Gasteiger partial charge in [-0.25, -0.2) is 4.79 Å². The molecule has 2 rings (SSSR count). The molecule has 10 heteroatoms. The van der Waals surface area contributed by atoms with E-state index in [1.807, 2.05) is 0 Å². The number of nitrogens with one attached hydrogen (secondary N) is 2. The second kappa shape index (κ2) is 8.96. The summed E-state index contributed by atoms with van der Waals surface area (Å²) in [6.45, 7) is 1.69. The maximum Gasteiger partial charge on any atom is 0.338 e. The molecule has 0 aromatic heterocycles.